The number of carbonyl (C=O) groups excluding carboxylic acids is 1. The van der Waals surface area contributed by atoms with Gasteiger partial charge in [0.2, 0.25) is 0 Å². The Kier molecular flexibility index (Phi) is 11.1. The quantitative estimate of drug-likeness (QED) is 0.124. The van der Waals surface area contributed by atoms with Crippen LogP contribution >= 0.6 is 11.3 Å². The van der Waals surface area contributed by atoms with Crippen LogP contribution in [0, 0.1) is 0 Å². The molecule has 0 unspecified atom stereocenters. The van der Waals surface area contributed by atoms with Crippen LogP contribution in [0.4, 0.5) is 0 Å². The summed E-state index contributed by atoms with van der Waals surface area (Å²) in [7, 11) is 0. The van der Waals surface area contributed by atoms with Crippen LogP contribution in [0.25, 0.3) is 0 Å². The number of rotatable bonds is 15. The smallest absolute Gasteiger partial charge is 0.281 e. The van der Waals surface area contributed by atoms with Crippen molar-refractivity contribution in [2.75, 3.05) is 26.2 Å². The minimum absolute atomic E-state index is 0.197. The summed E-state index contributed by atoms with van der Waals surface area (Å²) in [6.07, 6.45) is 5.31. The Morgan fingerprint density at radius 3 is 2.05 bits per heavy atom. The van der Waals surface area contributed by atoms with E-state index in [2.05, 4.69) is 48.2 Å². The molecule has 0 radical (unpaired) electrons. The third kappa shape index (κ3) is 9.60. The van der Waals surface area contributed by atoms with Gasteiger partial charge in [0.1, 0.15) is 0 Å². The zero-order chi connectivity index (χ0) is 26.3. The number of carbonyl (C=O) groups is 1. The zero-order valence-corrected chi connectivity index (χ0v) is 22.1. The van der Waals surface area contributed by atoms with E-state index >= 15 is 0 Å². The number of nitrogens with zero attached hydrogens (tertiary/aromatic N) is 4. The van der Waals surface area contributed by atoms with Crippen molar-refractivity contribution in [3.63, 3.8) is 0 Å². The molecule has 0 aliphatic rings. The lowest BCUT2D eigenvalue weighted by Gasteiger charge is -2.23. The van der Waals surface area contributed by atoms with Crippen LogP contribution in [0.3, 0.4) is 0 Å². The van der Waals surface area contributed by atoms with Gasteiger partial charge in [-0.2, -0.15) is 5.10 Å². The molecule has 8 nitrogen and oxygen atoms in total. The summed E-state index contributed by atoms with van der Waals surface area (Å²) in [5, 5.41) is 13.0. The normalized spacial score (nSPS) is 11.3. The van der Waals surface area contributed by atoms with Crippen molar-refractivity contribution >= 4 is 23.5 Å². The van der Waals surface area contributed by atoms with E-state index in [1.165, 1.54) is 16.9 Å². The van der Waals surface area contributed by atoms with Crippen molar-refractivity contribution in [3.8, 4) is 0 Å². The largest absolute Gasteiger partial charge is 0.310 e. The summed E-state index contributed by atoms with van der Waals surface area (Å²) < 4.78 is 0. The van der Waals surface area contributed by atoms with Gasteiger partial charge in [0, 0.05) is 58.2 Å². The molecule has 4 aromatic rings. The first-order valence-corrected chi connectivity index (χ1v) is 13.5. The van der Waals surface area contributed by atoms with E-state index < -0.39 is 0 Å². The molecule has 9 heteroatoms. The first-order valence-electron chi connectivity index (χ1n) is 12.7. The summed E-state index contributed by atoms with van der Waals surface area (Å²) in [4.78, 5) is 23.8. The highest BCUT2D eigenvalue weighted by Crippen LogP contribution is 2.09. The SMILES string of the molecule is O=C(NN=Cc1ccc(CN(CCNCc2ccccn2)CCNCc2ccccn2)cc1)c1cccs1. The van der Waals surface area contributed by atoms with E-state index in [0.717, 1.165) is 62.8 Å². The van der Waals surface area contributed by atoms with E-state index in [1.807, 2.05) is 72.4 Å². The molecule has 38 heavy (non-hydrogen) atoms. The number of benzene rings is 1. The third-order valence-electron chi connectivity index (χ3n) is 5.78. The number of hydrogen-bond acceptors (Lipinski definition) is 8. The maximum Gasteiger partial charge on any atom is 0.281 e. The Labute approximate surface area is 227 Å². The average molecular weight is 528 g/mol. The van der Waals surface area contributed by atoms with Gasteiger partial charge in [-0.3, -0.25) is 19.7 Å². The van der Waals surface area contributed by atoms with Crippen LogP contribution in [0.5, 0.6) is 0 Å². The fraction of sp³-hybridized carbons (Fsp3) is 0.241. The lowest BCUT2D eigenvalue weighted by atomic mass is 10.1. The van der Waals surface area contributed by atoms with Gasteiger partial charge in [-0.15, -0.1) is 11.3 Å². The number of nitrogens with one attached hydrogen (secondary N) is 3. The molecule has 0 atom stereocenters. The van der Waals surface area contributed by atoms with Gasteiger partial charge in [-0.25, -0.2) is 5.43 Å². The zero-order valence-electron chi connectivity index (χ0n) is 21.3. The summed E-state index contributed by atoms with van der Waals surface area (Å²) in [5.74, 6) is -0.197. The molecule has 3 N–H and O–H groups in total. The van der Waals surface area contributed by atoms with Crippen LogP contribution in [-0.2, 0) is 19.6 Å². The molecule has 0 fully saturated rings. The van der Waals surface area contributed by atoms with Gasteiger partial charge in [0.15, 0.2) is 0 Å². The van der Waals surface area contributed by atoms with Gasteiger partial charge in [0.05, 0.1) is 22.5 Å². The molecule has 0 spiro atoms. The van der Waals surface area contributed by atoms with E-state index in [4.69, 9.17) is 0 Å². The highest BCUT2D eigenvalue weighted by molar-refractivity contribution is 7.12. The molecular weight excluding hydrogens is 494 g/mol. The first-order chi connectivity index (χ1) is 18.8. The Morgan fingerprint density at radius 1 is 0.842 bits per heavy atom. The molecule has 0 aliphatic carbocycles. The number of amides is 1. The molecule has 0 aliphatic heterocycles. The molecule has 3 aromatic heterocycles. The highest BCUT2D eigenvalue weighted by Gasteiger charge is 2.07. The third-order valence-corrected chi connectivity index (χ3v) is 6.65. The van der Waals surface area contributed by atoms with E-state index in [9.17, 15) is 4.79 Å². The van der Waals surface area contributed by atoms with Crippen molar-refractivity contribution in [1.82, 2.24) is 30.9 Å². The van der Waals surface area contributed by atoms with Crippen LogP contribution in [-0.4, -0.2) is 53.2 Å². The lowest BCUT2D eigenvalue weighted by Crippen LogP contribution is -2.36. The van der Waals surface area contributed by atoms with Crippen LogP contribution in [0.2, 0.25) is 0 Å². The number of hydrogen-bond donors (Lipinski definition) is 3. The lowest BCUT2D eigenvalue weighted by molar-refractivity contribution is 0.0959. The molecule has 0 saturated carbocycles. The molecular formula is C29H33N7OS. The van der Waals surface area contributed by atoms with Crippen molar-refractivity contribution in [3.05, 3.63) is 118 Å². The molecule has 1 amide bonds. The second kappa shape index (κ2) is 15.5. The van der Waals surface area contributed by atoms with Gasteiger partial charge in [-0.1, -0.05) is 42.5 Å². The Balaban J connectivity index is 1.26. The van der Waals surface area contributed by atoms with Gasteiger partial charge in [-0.05, 0) is 46.8 Å². The van der Waals surface area contributed by atoms with Gasteiger partial charge in [0.25, 0.3) is 5.91 Å². The van der Waals surface area contributed by atoms with Gasteiger partial charge >= 0.3 is 0 Å². The number of aromatic nitrogens is 2. The van der Waals surface area contributed by atoms with Crippen LogP contribution < -0.4 is 16.1 Å². The standard InChI is InChI=1S/C29H33N7OS/c37-29(28-8-5-19-38-28)35-34-20-24-9-11-25(12-10-24)23-36(17-15-30-21-26-6-1-3-13-32-26)18-16-31-22-27-7-2-4-14-33-27/h1-14,19-20,30-31H,15-18,21-23H2,(H,35,37). The molecule has 0 bridgehead atoms. The number of thiophene rings is 1. The Morgan fingerprint density at radius 2 is 1.50 bits per heavy atom. The van der Waals surface area contributed by atoms with Crippen LogP contribution in [0.1, 0.15) is 32.2 Å². The second-order valence-electron chi connectivity index (χ2n) is 8.69. The molecule has 0 saturated heterocycles. The first kappa shape index (κ1) is 27.3. The summed E-state index contributed by atoms with van der Waals surface area (Å²) in [5.41, 5.74) is 6.81. The fourth-order valence-electron chi connectivity index (χ4n) is 3.78. The fourth-order valence-corrected chi connectivity index (χ4v) is 4.39. The average Bonchev–Trinajstić information content (AvgIpc) is 3.51. The minimum Gasteiger partial charge on any atom is -0.310 e. The Bertz CT molecular complexity index is 1190. The molecule has 1 aromatic carbocycles. The topological polar surface area (TPSA) is 94.5 Å². The Hall–Kier alpha value is -3.76. The number of hydrazone groups is 1. The minimum atomic E-state index is -0.197. The second-order valence-corrected chi connectivity index (χ2v) is 9.64. The van der Waals surface area contributed by atoms with Crippen molar-refractivity contribution in [1.29, 1.82) is 0 Å². The van der Waals surface area contributed by atoms with Crippen LogP contribution in [0.15, 0.2) is 95.7 Å². The number of pyridine rings is 2. The summed E-state index contributed by atoms with van der Waals surface area (Å²) >= 11 is 1.39. The van der Waals surface area contributed by atoms with E-state index in [1.54, 1.807) is 12.3 Å². The molecule has 196 valence electrons. The predicted octanol–water partition coefficient (Wildman–Crippen LogP) is 3.68. The molecule has 3 heterocycles. The van der Waals surface area contributed by atoms with E-state index in [0.29, 0.717) is 4.88 Å². The monoisotopic (exact) mass is 527 g/mol. The molecule has 4 rings (SSSR count). The summed E-state index contributed by atoms with van der Waals surface area (Å²) in [6, 6.07) is 23.8. The maximum absolute atomic E-state index is 12.0. The van der Waals surface area contributed by atoms with Crippen molar-refractivity contribution in [2.45, 2.75) is 19.6 Å². The maximum atomic E-state index is 12.0. The van der Waals surface area contributed by atoms with Crippen molar-refractivity contribution in [2.24, 2.45) is 5.10 Å². The predicted molar refractivity (Wildman–Crippen MR) is 153 cm³/mol. The highest BCUT2D eigenvalue weighted by atomic mass is 32.1. The van der Waals surface area contributed by atoms with Crippen molar-refractivity contribution < 1.29 is 4.79 Å². The van der Waals surface area contributed by atoms with E-state index in [-0.39, 0.29) is 5.91 Å². The summed E-state index contributed by atoms with van der Waals surface area (Å²) in [6.45, 7) is 5.90. The van der Waals surface area contributed by atoms with Gasteiger partial charge < -0.3 is 10.6 Å².